The van der Waals surface area contributed by atoms with Crippen molar-refractivity contribution in [1.29, 1.82) is 0 Å². The Hall–Kier alpha value is -0.300. The molecular weight excluding hydrogens is 300 g/mol. The van der Waals surface area contributed by atoms with Gasteiger partial charge in [0.1, 0.15) is 0 Å². The molecule has 22 heavy (non-hydrogen) atoms. The molecule has 3 aliphatic rings. The van der Waals surface area contributed by atoms with Gasteiger partial charge < -0.3 is 19.7 Å². The van der Waals surface area contributed by atoms with E-state index in [2.05, 4.69) is 10.2 Å². The molecule has 0 saturated carbocycles. The molecular formula is C16H28N2O3S. The zero-order chi connectivity index (χ0) is 15.4. The van der Waals surface area contributed by atoms with Crippen molar-refractivity contribution in [3.05, 3.63) is 0 Å². The number of carbonyl (C=O) groups is 1. The Morgan fingerprint density at radius 3 is 2.91 bits per heavy atom. The topological polar surface area (TPSA) is 50.8 Å². The van der Waals surface area contributed by atoms with E-state index in [0.29, 0.717) is 22.6 Å². The molecule has 126 valence electrons. The number of nitrogens with zero attached hydrogens (tertiary/aromatic N) is 1. The number of nitrogens with one attached hydrogen (secondary N) is 1. The molecule has 3 aliphatic heterocycles. The molecule has 1 N–H and O–H groups in total. The van der Waals surface area contributed by atoms with Gasteiger partial charge in [0.25, 0.3) is 0 Å². The van der Waals surface area contributed by atoms with E-state index < -0.39 is 0 Å². The lowest BCUT2D eigenvalue weighted by molar-refractivity contribution is -0.138. The highest BCUT2D eigenvalue weighted by atomic mass is 32.2. The second-order valence-electron chi connectivity index (χ2n) is 6.85. The lowest BCUT2D eigenvalue weighted by Crippen LogP contribution is -2.61. The molecule has 1 atom stereocenters. The van der Waals surface area contributed by atoms with Crippen LogP contribution < -0.4 is 5.32 Å². The average molecular weight is 328 g/mol. The van der Waals surface area contributed by atoms with Gasteiger partial charge >= 0.3 is 0 Å². The second-order valence-corrected chi connectivity index (χ2v) is 8.34. The van der Waals surface area contributed by atoms with Crippen LogP contribution in [0.5, 0.6) is 0 Å². The van der Waals surface area contributed by atoms with Crippen molar-refractivity contribution in [2.24, 2.45) is 5.92 Å². The third-order valence-corrected chi connectivity index (χ3v) is 6.67. The summed E-state index contributed by atoms with van der Waals surface area (Å²) in [6, 6.07) is 0.577. The number of methoxy groups -OCH3 is 1. The van der Waals surface area contributed by atoms with Crippen molar-refractivity contribution in [2.45, 2.75) is 36.5 Å². The van der Waals surface area contributed by atoms with Gasteiger partial charge in [-0.05, 0) is 25.2 Å². The minimum absolute atomic E-state index is 0.329. The molecule has 3 saturated heterocycles. The van der Waals surface area contributed by atoms with Crippen molar-refractivity contribution in [1.82, 2.24) is 10.2 Å². The van der Waals surface area contributed by atoms with Crippen LogP contribution in [0.3, 0.4) is 0 Å². The van der Waals surface area contributed by atoms with Crippen LogP contribution in [0.1, 0.15) is 25.7 Å². The Morgan fingerprint density at radius 2 is 2.18 bits per heavy atom. The predicted octanol–water partition coefficient (Wildman–Crippen LogP) is 1.13. The fourth-order valence-electron chi connectivity index (χ4n) is 3.71. The molecule has 1 amide bonds. The average Bonchev–Trinajstić information content (AvgIpc) is 2.91. The lowest BCUT2D eigenvalue weighted by atomic mass is 9.90. The zero-order valence-corrected chi connectivity index (χ0v) is 14.3. The summed E-state index contributed by atoms with van der Waals surface area (Å²) in [5.41, 5.74) is 0. The van der Waals surface area contributed by atoms with Gasteiger partial charge in [-0.1, -0.05) is 0 Å². The quantitative estimate of drug-likeness (QED) is 0.741. The summed E-state index contributed by atoms with van der Waals surface area (Å²) in [7, 11) is 1.74. The molecule has 3 rings (SSSR count). The van der Waals surface area contributed by atoms with Crippen molar-refractivity contribution in [3.63, 3.8) is 0 Å². The van der Waals surface area contributed by atoms with E-state index >= 15 is 0 Å². The molecule has 5 nitrogen and oxygen atoms in total. The highest BCUT2D eigenvalue weighted by Crippen LogP contribution is 2.45. The molecule has 0 aliphatic carbocycles. The van der Waals surface area contributed by atoms with Crippen molar-refractivity contribution >= 4 is 17.7 Å². The van der Waals surface area contributed by atoms with Crippen LogP contribution in [0.25, 0.3) is 0 Å². The van der Waals surface area contributed by atoms with E-state index in [9.17, 15) is 4.79 Å². The summed E-state index contributed by atoms with van der Waals surface area (Å²) in [5, 5.41) is 3.55. The van der Waals surface area contributed by atoms with Crippen LogP contribution in [0.4, 0.5) is 0 Å². The number of thioether (sulfide) groups is 1. The summed E-state index contributed by atoms with van der Waals surface area (Å²) >= 11 is 2.05. The first-order valence-electron chi connectivity index (χ1n) is 8.42. The summed E-state index contributed by atoms with van der Waals surface area (Å²) < 4.78 is 10.8. The van der Waals surface area contributed by atoms with Gasteiger partial charge in [-0.2, -0.15) is 0 Å². The maximum atomic E-state index is 12.4. The number of rotatable bonds is 6. The van der Waals surface area contributed by atoms with Gasteiger partial charge in [0.15, 0.2) is 0 Å². The maximum Gasteiger partial charge on any atom is 0.222 e. The zero-order valence-electron chi connectivity index (χ0n) is 13.5. The molecule has 0 radical (unpaired) electrons. The van der Waals surface area contributed by atoms with E-state index in [4.69, 9.17) is 9.47 Å². The molecule has 0 aromatic carbocycles. The molecule has 0 aromatic heterocycles. The molecule has 1 spiro atoms. The number of likely N-dealkylation sites (tertiary alicyclic amines) is 1. The smallest absolute Gasteiger partial charge is 0.222 e. The van der Waals surface area contributed by atoms with Crippen molar-refractivity contribution in [3.8, 4) is 0 Å². The van der Waals surface area contributed by atoms with Gasteiger partial charge in [-0.15, -0.1) is 11.8 Å². The standard InChI is InChI=1S/C16H28N2O3S/c1-20-7-4-17-14-9-16(22-10-14)11-18(12-16)15(19)8-13-2-5-21-6-3-13/h13-14,17H,2-12H2,1H3. The summed E-state index contributed by atoms with van der Waals surface area (Å²) in [4.78, 5) is 14.4. The lowest BCUT2D eigenvalue weighted by Gasteiger charge is -2.48. The van der Waals surface area contributed by atoms with E-state index in [0.717, 1.165) is 64.5 Å². The number of amides is 1. The van der Waals surface area contributed by atoms with Crippen molar-refractivity contribution in [2.75, 3.05) is 52.3 Å². The Bertz CT molecular complexity index is 382. The van der Waals surface area contributed by atoms with Crippen LogP contribution in [0.2, 0.25) is 0 Å². The maximum absolute atomic E-state index is 12.4. The van der Waals surface area contributed by atoms with Crippen LogP contribution in [0, 0.1) is 5.92 Å². The number of hydrogen-bond acceptors (Lipinski definition) is 5. The fourth-order valence-corrected chi connectivity index (χ4v) is 5.32. The van der Waals surface area contributed by atoms with Crippen molar-refractivity contribution < 1.29 is 14.3 Å². The second kappa shape index (κ2) is 7.51. The summed E-state index contributed by atoms with van der Waals surface area (Å²) in [6.07, 6.45) is 4.00. The van der Waals surface area contributed by atoms with E-state index in [-0.39, 0.29) is 0 Å². The van der Waals surface area contributed by atoms with Crippen LogP contribution in [-0.4, -0.2) is 73.9 Å². The SMILES string of the molecule is COCCNC1CSC2(C1)CN(C(=O)CC1CCOCC1)C2. The van der Waals surface area contributed by atoms with Gasteiger partial charge in [0.05, 0.1) is 11.4 Å². The highest BCUT2D eigenvalue weighted by molar-refractivity contribution is 8.01. The van der Waals surface area contributed by atoms with E-state index in [1.165, 1.54) is 6.42 Å². The number of hydrogen-bond donors (Lipinski definition) is 1. The minimum Gasteiger partial charge on any atom is -0.383 e. The Balaban J connectivity index is 1.37. The molecule has 3 fully saturated rings. The van der Waals surface area contributed by atoms with Gasteiger partial charge in [0.2, 0.25) is 5.91 Å². The third-order valence-electron chi connectivity index (χ3n) is 5.06. The first-order valence-corrected chi connectivity index (χ1v) is 9.41. The first-order chi connectivity index (χ1) is 10.7. The van der Waals surface area contributed by atoms with Crippen LogP contribution in [-0.2, 0) is 14.3 Å². The molecule has 0 bridgehead atoms. The van der Waals surface area contributed by atoms with Crippen LogP contribution in [0.15, 0.2) is 0 Å². The molecule has 6 heteroatoms. The Kier molecular flexibility index (Phi) is 5.65. The Labute approximate surface area is 137 Å². The fraction of sp³-hybridized carbons (Fsp3) is 0.938. The summed E-state index contributed by atoms with van der Waals surface area (Å²) in [6.45, 7) is 5.23. The first kappa shape index (κ1) is 16.6. The normalized spacial score (nSPS) is 28.0. The van der Waals surface area contributed by atoms with E-state index in [1.54, 1.807) is 7.11 Å². The highest BCUT2D eigenvalue weighted by Gasteiger charge is 2.50. The Morgan fingerprint density at radius 1 is 1.41 bits per heavy atom. The monoisotopic (exact) mass is 328 g/mol. The van der Waals surface area contributed by atoms with Gasteiger partial charge in [-0.25, -0.2) is 0 Å². The number of ether oxygens (including phenoxy) is 2. The van der Waals surface area contributed by atoms with E-state index in [1.807, 2.05) is 11.8 Å². The molecule has 3 heterocycles. The largest absolute Gasteiger partial charge is 0.383 e. The third kappa shape index (κ3) is 3.96. The van der Waals surface area contributed by atoms with Crippen LogP contribution >= 0.6 is 11.8 Å². The summed E-state index contributed by atoms with van der Waals surface area (Å²) in [5.74, 6) is 2.05. The molecule has 0 aromatic rings. The molecule has 1 unspecified atom stereocenters. The minimum atomic E-state index is 0.329. The number of carbonyl (C=O) groups excluding carboxylic acids is 1. The predicted molar refractivity (Wildman–Crippen MR) is 88.2 cm³/mol. The van der Waals surface area contributed by atoms with Gasteiger partial charge in [0, 0.05) is 58.2 Å². The van der Waals surface area contributed by atoms with Gasteiger partial charge in [-0.3, -0.25) is 4.79 Å².